The van der Waals surface area contributed by atoms with E-state index in [1.165, 1.54) is 25.2 Å². The Balaban J connectivity index is 1.39. The van der Waals surface area contributed by atoms with E-state index in [1.54, 1.807) is 0 Å². The molecule has 15 heteroatoms. The van der Waals surface area contributed by atoms with Gasteiger partial charge in [0.15, 0.2) is 11.6 Å². The van der Waals surface area contributed by atoms with Crippen LogP contribution >= 0.6 is 0 Å². The van der Waals surface area contributed by atoms with Gasteiger partial charge in [-0.2, -0.15) is 9.97 Å². The Morgan fingerprint density at radius 3 is 2.62 bits per heavy atom. The van der Waals surface area contributed by atoms with Crippen molar-refractivity contribution >= 4 is 43.3 Å². The van der Waals surface area contributed by atoms with E-state index in [2.05, 4.69) is 26.1 Å². The number of ether oxygens (including phenoxy) is 1. The maximum Gasteiger partial charge on any atom is 0.319 e. The number of nitrogens with one attached hydrogen (secondary N) is 1. The molecule has 2 aromatic carbocycles. The lowest BCUT2D eigenvalue weighted by Crippen LogP contribution is -2.51. The van der Waals surface area contributed by atoms with E-state index in [4.69, 9.17) is 16.1 Å². The van der Waals surface area contributed by atoms with Crippen LogP contribution in [0, 0.1) is 24.0 Å². The van der Waals surface area contributed by atoms with Crippen molar-refractivity contribution in [3.05, 3.63) is 41.5 Å². The van der Waals surface area contributed by atoms with E-state index < -0.39 is 39.1 Å². The number of hydrogen-bond acceptors (Lipinski definition) is 10. The molecule has 4 aliphatic heterocycles. The molecule has 4 aromatic rings. The SMILES string of the molecule is C#Cc1c(F)ccc2cc(O)cc(-c3nc(N(C)S(C)(=O)=O)c4c(N5CC6CCC(C5)N6)nc(OC[C@@]56CCCN5C[C@H](F)C6)nc4c3F)c12. The number of benzene rings is 2. The van der Waals surface area contributed by atoms with E-state index in [-0.39, 0.29) is 69.5 Å². The predicted octanol–water partition coefficient (Wildman–Crippen LogP) is 4.10. The van der Waals surface area contributed by atoms with Crippen LogP contribution in [0.1, 0.15) is 37.7 Å². The number of sulfonamides is 1. The number of nitrogens with zero attached hydrogens (tertiary/aromatic N) is 6. The smallest absolute Gasteiger partial charge is 0.319 e. The molecule has 8 rings (SSSR count). The molecule has 262 valence electrons. The highest BCUT2D eigenvalue weighted by molar-refractivity contribution is 7.92. The summed E-state index contributed by atoms with van der Waals surface area (Å²) in [6.07, 6.45) is 9.52. The number of phenolic OH excluding ortho intramolecular Hbond substituents is 1. The Kier molecular flexibility index (Phi) is 7.77. The maximum atomic E-state index is 17.3. The number of aromatic nitrogens is 3. The van der Waals surface area contributed by atoms with Crippen molar-refractivity contribution < 1.29 is 31.4 Å². The number of phenols is 1. The summed E-state index contributed by atoms with van der Waals surface area (Å²) < 4.78 is 80.4. The first-order valence-corrected chi connectivity index (χ1v) is 18.5. The highest BCUT2D eigenvalue weighted by Gasteiger charge is 2.49. The second kappa shape index (κ2) is 11.9. The summed E-state index contributed by atoms with van der Waals surface area (Å²) >= 11 is 0. The fourth-order valence-electron chi connectivity index (χ4n) is 8.34. The van der Waals surface area contributed by atoms with Crippen LogP contribution in [0.15, 0.2) is 24.3 Å². The van der Waals surface area contributed by atoms with Crippen LogP contribution in [0.3, 0.4) is 0 Å². The topological polar surface area (TPSA) is 124 Å². The molecule has 4 fully saturated rings. The van der Waals surface area contributed by atoms with Gasteiger partial charge in [0.05, 0.1) is 22.7 Å². The van der Waals surface area contributed by atoms with Crippen molar-refractivity contribution in [2.24, 2.45) is 0 Å². The van der Waals surface area contributed by atoms with Gasteiger partial charge in [-0.25, -0.2) is 26.6 Å². The van der Waals surface area contributed by atoms with Crippen molar-refractivity contribution in [2.75, 3.05) is 55.3 Å². The normalized spacial score (nSPS) is 25.0. The third-order valence-corrected chi connectivity index (χ3v) is 11.9. The third-order valence-electron chi connectivity index (χ3n) is 10.7. The Labute approximate surface area is 287 Å². The molecular weight excluding hydrogens is 671 g/mol. The number of piperazine rings is 1. The molecule has 6 heterocycles. The maximum absolute atomic E-state index is 17.3. The lowest BCUT2D eigenvalue weighted by Gasteiger charge is -2.35. The van der Waals surface area contributed by atoms with E-state index in [1.807, 2.05) is 4.90 Å². The van der Waals surface area contributed by atoms with Crippen molar-refractivity contribution in [1.82, 2.24) is 25.2 Å². The molecule has 2 bridgehead atoms. The van der Waals surface area contributed by atoms with Gasteiger partial charge >= 0.3 is 6.01 Å². The molecule has 2 N–H and O–H groups in total. The summed E-state index contributed by atoms with van der Waals surface area (Å²) in [7, 11) is -2.69. The highest BCUT2D eigenvalue weighted by Crippen LogP contribution is 2.44. The van der Waals surface area contributed by atoms with E-state index >= 15 is 8.78 Å². The zero-order chi connectivity index (χ0) is 35.1. The van der Waals surface area contributed by atoms with E-state index in [9.17, 15) is 17.9 Å². The molecule has 2 aromatic heterocycles. The van der Waals surface area contributed by atoms with Crippen LogP contribution in [0.25, 0.3) is 32.9 Å². The Hall–Kier alpha value is -4.39. The van der Waals surface area contributed by atoms with E-state index in [0.29, 0.717) is 31.4 Å². The molecule has 0 amide bonds. The molecule has 0 aliphatic carbocycles. The van der Waals surface area contributed by atoms with Crippen LogP contribution in [0.5, 0.6) is 11.8 Å². The fourth-order valence-corrected chi connectivity index (χ4v) is 8.79. The second-order valence-corrected chi connectivity index (χ2v) is 16.0. The lowest BCUT2D eigenvalue weighted by molar-refractivity contribution is 0.107. The fraction of sp³-hybridized carbons (Fsp3) is 0.457. The Morgan fingerprint density at radius 1 is 1.14 bits per heavy atom. The van der Waals surface area contributed by atoms with Crippen LogP contribution in [-0.2, 0) is 10.0 Å². The summed E-state index contributed by atoms with van der Waals surface area (Å²) in [4.78, 5) is 18.0. The average Bonchev–Trinajstić information content (AvgIpc) is 3.72. The minimum atomic E-state index is -3.99. The first kappa shape index (κ1) is 32.8. The number of alkyl halides is 1. The number of halogens is 3. The molecule has 0 saturated carbocycles. The molecule has 0 spiro atoms. The highest BCUT2D eigenvalue weighted by atomic mass is 32.2. The predicted molar refractivity (Wildman–Crippen MR) is 184 cm³/mol. The number of aromatic hydroxyl groups is 1. The molecule has 4 aliphatic rings. The molecule has 50 heavy (non-hydrogen) atoms. The number of pyridine rings is 1. The van der Waals surface area contributed by atoms with Gasteiger partial charge in [0, 0.05) is 56.1 Å². The quantitative estimate of drug-likeness (QED) is 0.272. The zero-order valence-corrected chi connectivity index (χ0v) is 28.4. The minimum Gasteiger partial charge on any atom is -0.508 e. The molecule has 11 nitrogen and oxygen atoms in total. The van der Waals surface area contributed by atoms with Crippen molar-refractivity contribution in [2.45, 2.75) is 55.9 Å². The van der Waals surface area contributed by atoms with Crippen molar-refractivity contribution in [3.8, 4) is 35.4 Å². The van der Waals surface area contributed by atoms with Gasteiger partial charge in [0.2, 0.25) is 10.0 Å². The number of rotatable bonds is 7. The summed E-state index contributed by atoms with van der Waals surface area (Å²) in [6.45, 7) is 2.18. The summed E-state index contributed by atoms with van der Waals surface area (Å²) in [5.41, 5.74) is -1.45. The van der Waals surface area contributed by atoms with Crippen LogP contribution in [0.2, 0.25) is 0 Å². The second-order valence-electron chi connectivity index (χ2n) is 13.9. The summed E-state index contributed by atoms with van der Waals surface area (Å²) in [6, 6.07) is 5.25. The summed E-state index contributed by atoms with van der Waals surface area (Å²) in [5.74, 6) is 0.425. The first-order chi connectivity index (χ1) is 23.8. The van der Waals surface area contributed by atoms with Gasteiger partial charge in [-0.15, -0.1) is 6.42 Å². The van der Waals surface area contributed by atoms with E-state index in [0.717, 1.165) is 48.9 Å². The van der Waals surface area contributed by atoms with Crippen LogP contribution in [-0.4, -0.2) is 103 Å². The van der Waals surface area contributed by atoms with Gasteiger partial charge in [-0.3, -0.25) is 9.21 Å². The van der Waals surface area contributed by atoms with Crippen LogP contribution in [0.4, 0.5) is 24.8 Å². The van der Waals surface area contributed by atoms with Crippen molar-refractivity contribution in [3.63, 3.8) is 0 Å². The first-order valence-electron chi connectivity index (χ1n) is 16.7. The Bertz CT molecular complexity index is 2200. The van der Waals surface area contributed by atoms with Crippen LogP contribution < -0.4 is 19.3 Å². The summed E-state index contributed by atoms with van der Waals surface area (Å²) in [5, 5.41) is 14.7. The number of terminal acetylenes is 1. The molecule has 4 saturated heterocycles. The number of hydrogen-bond donors (Lipinski definition) is 2. The third kappa shape index (κ3) is 5.35. The van der Waals surface area contributed by atoms with Crippen molar-refractivity contribution in [1.29, 1.82) is 0 Å². The zero-order valence-electron chi connectivity index (χ0n) is 27.6. The van der Waals surface area contributed by atoms with Gasteiger partial charge in [-0.1, -0.05) is 12.0 Å². The molecule has 2 unspecified atom stereocenters. The van der Waals surface area contributed by atoms with Gasteiger partial charge in [0.25, 0.3) is 0 Å². The minimum absolute atomic E-state index is 0.0472. The average molecular weight is 708 g/mol. The molecule has 0 radical (unpaired) electrons. The monoisotopic (exact) mass is 707 g/mol. The number of fused-ring (bicyclic) bond motifs is 5. The van der Waals surface area contributed by atoms with Gasteiger partial charge in [0.1, 0.15) is 41.4 Å². The molecule has 4 atom stereocenters. The number of anilines is 2. The largest absolute Gasteiger partial charge is 0.508 e. The molecular formula is C35H36F3N7O4S. The Morgan fingerprint density at radius 2 is 1.90 bits per heavy atom. The van der Waals surface area contributed by atoms with Gasteiger partial charge < -0.3 is 20.1 Å². The lowest BCUT2D eigenvalue weighted by atomic mass is 9.95. The standard InChI is InChI=1S/C35H36F3N7O4S/c1-4-24-26(37)9-6-19-12-23(46)13-25(27(19)24)30-29(38)31-28(32(40-30)43(2)50(3,47)48)33(44-16-21-7-8-22(17-44)39-21)42-34(41-31)49-18-35-10-5-11-45(35)15-20(36)14-35/h1,6,9,12-13,20-22,39,46H,5,7-8,10-11,14-18H2,2-3H3/t20-,21?,22?,35+/m1/s1. The van der Waals surface area contributed by atoms with Gasteiger partial charge in [-0.05, 0) is 55.8 Å².